The number of thiocarbonyl (C=S) groups is 1. The molecule has 2 aliphatic carbocycles. The van der Waals surface area contributed by atoms with Crippen molar-refractivity contribution in [3.8, 4) is 0 Å². The first kappa shape index (κ1) is 18.6. The maximum Gasteiger partial charge on any atom is 0.264 e. The van der Waals surface area contributed by atoms with Gasteiger partial charge in [0.15, 0.2) is 22.7 Å². The Hall–Kier alpha value is -2.47. The van der Waals surface area contributed by atoms with Crippen molar-refractivity contribution in [3.05, 3.63) is 42.0 Å². The lowest BCUT2D eigenvalue weighted by Crippen LogP contribution is -2.64. The van der Waals surface area contributed by atoms with E-state index in [2.05, 4.69) is 16.7 Å². The Morgan fingerprint density at radius 1 is 1.24 bits per heavy atom. The minimum atomic E-state index is -1.63. The number of fused-ring (bicyclic) bond motifs is 2. The highest BCUT2D eigenvalue weighted by Gasteiger charge is 2.82. The maximum atomic E-state index is 14.2. The normalized spacial score (nSPS) is 40.6. The van der Waals surface area contributed by atoms with Gasteiger partial charge >= 0.3 is 0 Å². The number of ether oxygens (including phenoxy) is 1. The van der Waals surface area contributed by atoms with E-state index >= 15 is 0 Å². The molecule has 1 saturated carbocycles. The molecule has 2 fully saturated rings. The standard InChI is InChI=1S/C22H20N2O4S/c1-6-20(4)17(26)15-14-16(25)21(20,23-10-29)11-8-7-9-12-13(11)22(28-15,19(14,2)3)18(27)24(12)5/h6-9,14-15H,1H2,2-5H3/t14-,15+,20+,21+,22-/m0/s1. The highest BCUT2D eigenvalue weighted by molar-refractivity contribution is 7.78. The van der Waals surface area contributed by atoms with E-state index in [1.165, 1.54) is 6.08 Å². The van der Waals surface area contributed by atoms with Gasteiger partial charge in [-0.15, -0.1) is 6.58 Å². The first-order valence-corrected chi connectivity index (χ1v) is 9.90. The Morgan fingerprint density at radius 3 is 2.55 bits per heavy atom. The first-order valence-electron chi connectivity index (χ1n) is 9.49. The number of rotatable bonds is 2. The molecule has 7 heteroatoms. The average molecular weight is 408 g/mol. The Kier molecular flexibility index (Phi) is 3.19. The van der Waals surface area contributed by atoms with Gasteiger partial charge in [0.2, 0.25) is 0 Å². The number of nitrogens with zero attached hydrogens (tertiary/aromatic N) is 2. The number of carbonyl (C=O) groups excluding carboxylic acids is 3. The van der Waals surface area contributed by atoms with Crippen molar-refractivity contribution in [1.29, 1.82) is 0 Å². The Labute approximate surface area is 173 Å². The molecule has 0 N–H and O–H groups in total. The Balaban J connectivity index is 2.09. The molecule has 1 spiro atoms. The molecule has 0 radical (unpaired) electrons. The number of aliphatic imine (C=N–C) groups is 1. The molecule has 5 atom stereocenters. The van der Waals surface area contributed by atoms with E-state index in [4.69, 9.17) is 17.0 Å². The number of carbonyl (C=O) groups is 3. The summed E-state index contributed by atoms with van der Waals surface area (Å²) in [5.74, 6) is -1.70. The van der Waals surface area contributed by atoms with Crippen LogP contribution in [0.15, 0.2) is 35.8 Å². The van der Waals surface area contributed by atoms with Crippen LogP contribution in [0.25, 0.3) is 0 Å². The Morgan fingerprint density at radius 2 is 1.93 bits per heavy atom. The average Bonchev–Trinajstić information content (AvgIpc) is 3.05. The smallest absolute Gasteiger partial charge is 0.264 e. The summed E-state index contributed by atoms with van der Waals surface area (Å²) >= 11 is 4.95. The summed E-state index contributed by atoms with van der Waals surface area (Å²) < 4.78 is 6.37. The number of benzene rings is 1. The number of hydrogen-bond donors (Lipinski definition) is 0. The molecule has 4 aliphatic rings. The fourth-order valence-electron chi connectivity index (χ4n) is 6.24. The van der Waals surface area contributed by atoms with Crippen LogP contribution in [0.4, 0.5) is 5.69 Å². The zero-order valence-electron chi connectivity index (χ0n) is 16.6. The number of ketones is 2. The van der Waals surface area contributed by atoms with Gasteiger partial charge in [-0.1, -0.05) is 32.1 Å². The van der Waals surface area contributed by atoms with Crippen molar-refractivity contribution >= 4 is 40.5 Å². The number of hydrogen-bond acceptors (Lipinski definition) is 6. The summed E-state index contributed by atoms with van der Waals surface area (Å²) in [5.41, 5.74) is -3.69. The third-order valence-electron chi connectivity index (χ3n) is 7.83. The minimum Gasteiger partial charge on any atom is -0.348 e. The van der Waals surface area contributed by atoms with Crippen molar-refractivity contribution in [2.45, 2.75) is 38.0 Å². The molecule has 148 valence electrons. The van der Waals surface area contributed by atoms with Crippen LogP contribution in [0.1, 0.15) is 31.9 Å². The van der Waals surface area contributed by atoms with Crippen molar-refractivity contribution in [3.63, 3.8) is 0 Å². The van der Waals surface area contributed by atoms with Crippen molar-refractivity contribution in [1.82, 2.24) is 0 Å². The SMILES string of the molecule is C=C[C@]1(C)C(=O)[C@@H]2O[C@]34C(=O)N(C)c5cccc(c53)[C@@]1(N=C=S)C(=O)[C@H]2C4(C)C. The summed E-state index contributed by atoms with van der Waals surface area (Å²) in [7, 11) is 1.68. The molecule has 1 aromatic rings. The number of likely N-dealkylation sites (N-methyl/N-ethyl adjacent to an activating group) is 1. The summed E-state index contributed by atoms with van der Waals surface area (Å²) in [6.07, 6.45) is 0.409. The molecular formula is C22H20N2O4S. The quantitative estimate of drug-likeness (QED) is 0.427. The fourth-order valence-corrected chi connectivity index (χ4v) is 6.38. The van der Waals surface area contributed by atoms with Crippen LogP contribution in [0.5, 0.6) is 0 Å². The zero-order valence-corrected chi connectivity index (χ0v) is 17.4. The van der Waals surface area contributed by atoms with E-state index in [9.17, 15) is 14.4 Å². The van der Waals surface area contributed by atoms with Crippen molar-refractivity contribution in [2.24, 2.45) is 21.7 Å². The van der Waals surface area contributed by atoms with Crippen LogP contribution in [-0.4, -0.2) is 35.8 Å². The molecule has 5 rings (SSSR count). The van der Waals surface area contributed by atoms with Crippen LogP contribution in [0.2, 0.25) is 0 Å². The van der Waals surface area contributed by atoms with E-state index < -0.39 is 34.0 Å². The van der Waals surface area contributed by atoms with Crippen LogP contribution < -0.4 is 4.90 Å². The van der Waals surface area contributed by atoms with Crippen LogP contribution in [-0.2, 0) is 30.3 Å². The minimum absolute atomic E-state index is 0.276. The van der Waals surface area contributed by atoms with Gasteiger partial charge in [0.05, 0.1) is 22.2 Å². The lowest BCUT2D eigenvalue weighted by atomic mass is 9.53. The van der Waals surface area contributed by atoms with E-state index in [1.807, 2.05) is 19.9 Å². The molecule has 1 saturated heterocycles. The highest BCUT2D eigenvalue weighted by Crippen LogP contribution is 2.71. The van der Waals surface area contributed by atoms with Gasteiger partial charge in [0.1, 0.15) is 6.10 Å². The molecule has 2 heterocycles. The maximum absolute atomic E-state index is 14.2. The second-order valence-electron chi connectivity index (χ2n) is 9.03. The Bertz CT molecular complexity index is 1120. The number of anilines is 1. The molecule has 29 heavy (non-hydrogen) atoms. The van der Waals surface area contributed by atoms with E-state index in [0.717, 1.165) is 0 Å². The van der Waals surface area contributed by atoms with E-state index in [1.54, 1.807) is 31.0 Å². The predicted octanol–water partition coefficient (Wildman–Crippen LogP) is 2.56. The van der Waals surface area contributed by atoms with Gasteiger partial charge in [0, 0.05) is 18.0 Å². The van der Waals surface area contributed by atoms with Gasteiger partial charge < -0.3 is 9.64 Å². The zero-order chi connectivity index (χ0) is 21.1. The van der Waals surface area contributed by atoms with Crippen LogP contribution in [0, 0.1) is 16.7 Å². The third kappa shape index (κ3) is 1.49. The van der Waals surface area contributed by atoms with E-state index in [-0.39, 0.29) is 17.5 Å². The number of isothiocyanates is 1. The van der Waals surface area contributed by atoms with Crippen LogP contribution in [0.3, 0.4) is 0 Å². The van der Waals surface area contributed by atoms with Gasteiger partial charge in [0.25, 0.3) is 5.91 Å². The second-order valence-corrected chi connectivity index (χ2v) is 9.21. The lowest BCUT2D eigenvalue weighted by molar-refractivity contribution is -0.167. The summed E-state index contributed by atoms with van der Waals surface area (Å²) in [6, 6.07) is 5.33. The molecule has 1 amide bonds. The van der Waals surface area contributed by atoms with Crippen LogP contribution >= 0.6 is 12.2 Å². The first-order chi connectivity index (χ1) is 13.6. The number of amides is 1. The predicted molar refractivity (Wildman–Crippen MR) is 109 cm³/mol. The molecule has 0 aromatic heterocycles. The fraction of sp³-hybridized carbons (Fsp3) is 0.455. The van der Waals surface area contributed by atoms with Gasteiger partial charge in [-0.25, -0.2) is 4.99 Å². The molecular weight excluding hydrogens is 388 g/mol. The van der Waals surface area contributed by atoms with Gasteiger partial charge in [-0.3, -0.25) is 14.4 Å². The molecule has 2 aliphatic heterocycles. The van der Waals surface area contributed by atoms with Gasteiger partial charge in [-0.2, -0.15) is 0 Å². The number of Topliss-reactive ketones (excluding diaryl/α,β-unsaturated/α-hetero) is 2. The summed E-state index contributed by atoms with van der Waals surface area (Å²) in [5, 5.41) is 2.37. The van der Waals surface area contributed by atoms with E-state index in [0.29, 0.717) is 16.8 Å². The topological polar surface area (TPSA) is 76.0 Å². The third-order valence-corrected chi connectivity index (χ3v) is 7.92. The van der Waals surface area contributed by atoms with Crippen molar-refractivity contribution < 1.29 is 19.1 Å². The molecule has 0 unspecified atom stereocenters. The summed E-state index contributed by atoms with van der Waals surface area (Å²) in [6.45, 7) is 9.17. The highest BCUT2D eigenvalue weighted by atomic mass is 32.1. The largest absolute Gasteiger partial charge is 0.348 e. The molecule has 1 aromatic carbocycles. The molecule has 6 nitrogen and oxygen atoms in total. The lowest BCUT2D eigenvalue weighted by Gasteiger charge is -2.49. The second kappa shape index (κ2) is 4.98. The monoisotopic (exact) mass is 408 g/mol. The van der Waals surface area contributed by atoms with Gasteiger partial charge in [-0.05, 0) is 30.8 Å². The molecule has 3 bridgehead atoms. The summed E-state index contributed by atoms with van der Waals surface area (Å²) in [4.78, 5) is 47.4. The van der Waals surface area contributed by atoms with Crippen molar-refractivity contribution in [2.75, 3.05) is 11.9 Å².